The van der Waals surface area contributed by atoms with E-state index in [-0.39, 0.29) is 20.4 Å². The average molecular weight is 455 g/mol. The van der Waals surface area contributed by atoms with Crippen LogP contribution in [0.3, 0.4) is 0 Å². The fourth-order valence-electron chi connectivity index (χ4n) is 2.89. The van der Waals surface area contributed by atoms with Crippen LogP contribution in [-0.4, -0.2) is 11.9 Å². The van der Waals surface area contributed by atoms with Crippen molar-refractivity contribution in [3.8, 4) is 0 Å². The predicted octanol–water partition coefficient (Wildman–Crippen LogP) is 7.25. The van der Waals surface area contributed by atoms with Crippen molar-refractivity contribution in [2.75, 3.05) is 0 Å². The third-order valence-electron chi connectivity index (χ3n) is 4.37. The van der Waals surface area contributed by atoms with Crippen LogP contribution >= 0.6 is 0 Å². The fourth-order valence-corrected chi connectivity index (χ4v) is 2.89. The molecule has 0 spiro atoms. The molecule has 0 aromatic heterocycles. The Bertz CT molecular complexity index is 700. The van der Waals surface area contributed by atoms with E-state index in [9.17, 15) is 0 Å². The van der Waals surface area contributed by atoms with Crippen LogP contribution in [0.15, 0.2) is 58.5 Å². The third kappa shape index (κ3) is 8.78. The van der Waals surface area contributed by atoms with E-state index >= 15 is 0 Å². The molecule has 2 aromatic rings. The summed E-state index contributed by atoms with van der Waals surface area (Å²) < 4.78 is 0. The fraction of sp³-hybridized carbons (Fsp3) is 0.417. The Morgan fingerprint density at radius 2 is 1.26 bits per heavy atom. The minimum Gasteiger partial charge on any atom is -0.255 e. The topological polar surface area (TPSA) is 24.7 Å². The van der Waals surface area contributed by atoms with Gasteiger partial charge in [0.15, 0.2) is 0 Å². The summed E-state index contributed by atoms with van der Waals surface area (Å²) in [7, 11) is 0. The van der Waals surface area contributed by atoms with E-state index in [2.05, 4.69) is 74.3 Å². The van der Waals surface area contributed by atoms with Gasteiger partial charge in [0.2, 0.25) is 0 Å². The summed E-state index contributed by atoms with van der Waals surface area (Å²) in [6.45, 7) is 6.62. The monoisotopic (exact) mass is 454 g/mol. The van der Waals surface area contributed by atoms with E-state index in [1.165, 1.54) is 24.0 Å². The van der Waals surface area contributed by atoms with Crippen LogP contribution in [0.25, 0.3) is 0 Å². The number of rotatable bonds is 10. The number of hydrogen-bond donors (Lipinski definition) is 0. The molecule has 3 heteroatoms. The first-order valence-electron chi connectivity index (χ1n) is 10.0. The van der Waals surface area contributed by atoms with Gasteiger partial charge in [0.05, 0.1) is 17.1 Å². The van der Waals surface area contributed by atoms with Gasteiger partial charge in [-0.1, -0.05) is 64.3 Å². The standard InChI is InChI=1S/C24H32N2.Pd/c1-4-7-10-24(26-23-17-13-21(9-6-3)14-18-23)19-25-22-15-11-20(8-5-2)12-16-22;/h11-19H,4-10H2,1-3H3;/b25-19+,26-24+;. The van der Waals surface area contributed by atoms with Crippen LogP contribution in [0, 0.1) is 0 Å². The second-order valence-corrected chi connectivity index (χ2v) is 6.80. The molecule has 0 heterocycles. The van der Waals surface area contributed by atoms with Crippen molar-refractivity contribution in [1.82, 2.24) is 0 Å². The molecule has 0 amide bonds. The van der Waals surface area contributed by atoms with Gasteiger partial charge in [0, 0.05) is 26.6 Å². The second-order valence-electron chi connectivity index (χ2n) is 6.80. The van der Waals surface area contributed by atoms with E-state index in [1.807, 2.05) is 6.21 Å². The molecular formula is C24H32N2Pd. The molecule has 148 valence electrons. The molecule has 0 unspecified atom stereocenters. The quantitative estimate of drug-likeness (QED) is 0.267. The molecule has 0 bridgehead atoms. The minimum absolute atomic E-state index is 0. The van der Waals surface area contributed by atoms with Crippen molar-refractivity contribution < 1.29 is 20.4 Å². The number of unbranched alkanes of at least 4 members (excludes halogenated alkanes) is 1. The molecule has 0 aliphatic carbocycles. The Balaban J connectivity index is 0.00000364. The van der Waals surface area contributed by atoms with Crippen LogP contribution < -0.4 is 0 Å². The molecule has 0 saturated carbocycles. The molecule has 0 saturated heterocycles. The van der Waals surface area contributed by atoms with E-state index in [0.717, 1.165) is 49.2 Å². The summed E-state index contributed by atoms with van der Waals surface area (Å²) in [5.41, 5.74) is 5.81. The Kier molecular flexibility index (Phi) is 11.8. The first-order valence-corrected chi connectivity index (χ1v) is 10.0. The Morgan fingerprint density at radius 1 is 0.741 bits per heavy atom. The van der Waals surface area contributed by atoms with Crippen LogP contribution in [0.2, 0.25) is 0 Å². The molecule has 0 atom stereocenters. The van der Waals surface area contributed by atoms with Crippen molar-refractivity contribution in [2.24, 2.45) is 9.98 Å². The van der Waals surface area contributed by atoms with Gasteiger partial charge in [-0.05, 0) is 61.1 Å². The summed E-state index contributed by atoms with van der Waals surface area (Å²) in [5, 5.41) is 0. The summed E-state index contributed by atoms with van der Waals surface area (Å²) >= 11 is 0. The SMILES string of the molecule is CCCCC(/C=N/c1ccc(CCC)cc1)=N\c1ccc(CCC)cc1.[Pd]. The van der Waals surface area contributed by atoms with E-state index in [4.69, 9.17) is 4.99 Å². The van der Waals surface area contributed by atoms with Crippen molar-refractivity contribution in [2.45, 2.75) is 65.7 Å². The molecule has 2 rings (SSSR count). The Hall–Kier alpha value is -1.56. The largest absolute Gasteiger partial charge is 0.255 e. The van der Waals surface area contributed by atoms with Crippen molar-refractivity contribution in [3.63, 3.8) is 0 Å². The zero-order chi connectivity index (χ0) is 18.6. The number of hydrogen-bond acceptors (Lipinski definition) is 2. The summed E-state index contributed by atoms with van der Waals surface area (Å²) in [6.07, 6.45) is 9.79. The maximum absolute atomic E-state index is 4.83. The normalized spacial score (nSPS) is 11.6. The maximum Gasteiger partial charge on any atom is 0.0633 e. The van der Waals surface area contributed by atoms with Gasteiger partial charge in [0.1, 0.15) is 0 Å². The smallest absolute Gasteiger partial charge is 0.0633 e. The van der Waals surface area contributed by atoms with Gasteiger partial charge >= 0.3 is 0 Å². The zero-order valence-electron chi connectivity index (χ0n) is 16.9. The Morgan fingerprint density at radius 3 is 1.74 bits per heavy atom. The summed E-state index contributed by atoms with van der Waals surface area (Å²) in [5.74, 6) is 0. The molecule has 2 aromatic carbocycles. The molecule has 27 heavy (non-hydrogen) atoms. The average Bonchev–Trinajstić information content (AvgIpc) is 2.67. The van der Waals surface area contributed by atoms with E-state index in [0.29, 0.717) is 0 Å². The molecule has 2 nitrogen and oxygen atoms in total. The first-order chi connectivity index (χ1) is 12.7. The van der Waals surface area contributed by atoms with Crippen LogP contribution in [-0.2, 0) is 33.3 Å². The Labute approximate surface area is 178 Å². The minimum atomic E-state index is 0. The van der Waals surface area contributed by atoms with Crippen LogP contribution in [0.1, 0.15) is 64.0 Å². The van der Waals surface area contributed by atoms with E-state index < -0.39 is 0 Å². The number of aliphatic imine (C=N–C) groups is 2. The second kappa shape index (κ2) is 13.6. The number of benzene rings is 2. The third-order valence-corrected chi connectivity index (χ3v) is 4.37. The van der Waals surface area contributed by atoms with Crippen molar-refractivity contribution in [1.29, 1.82) is 0 Å². The van der Waals surface area contributed by atoms with Crippen LogP contribution in [0.4, 0.5) is 11.4 Å². The summed E-state index contributed by atoms with van der Waals surface area (Å²) in [6, 6.07) is 17.1. The van der Waals surface area contributed by atoms with Gasteiger partial charge in [-0.25, -0.2) is 0 Å². The molecule has 0 radical (unpaired) electrons. The predicted molar refractivity (Wildman–Crippen MR) is 116 cm³/mol. The van der Waals surface area contributed by atoms with Gasteiger partial charge in [-0.3, -0.25) is 9.98 Å². The van der Waals surface area contributed by atoms with Gasteiger partial charge in [0.25, 0.3) is 0 Å². The number of nitrogens with zero attached hydrogens (tertiary/aromatic N) is 2. The first kappa shape index (κ1) is 23.5. The van der Waals surface area contributed by atoms with Crippen molar-refractivity contribution >= 4 is 23.3 Å². The summed E-state index contributed by atoms with van der Waals surface area (Å²) in [4.78, 5) is 9.47. The maximum atomic E-state index is 4.83. The van der Waals surface area contributed by atoms with Gasteiger partial charge < -0.3 is 0 Å². The van der Waals surface area contributed by atoms with Crippen LogP contribution in [0.5, 0.6) is 0 Å². The molecule has 0 aliphatic heterocycles. The molecule has 0 fully saturated rings. The van der Waals surface area contributed by atoms with E-state index in [1.54, 1.807) is 0 Å². The molecule has 0 N–H and O–H groups in total. The van der Waals surface area contributed by atoms with Crippen molar-refractivity contribution in [3.05, 3.63) is 59.7 Å². The van der Waals surface area contributed by atoms with Gasteiger partial charge in [-0.15, -0.1) is 0 Å². The number of aryl methyl sites for hydroxylation is 2. The zero-order valence-corrected chi connectivity index (χ0v) is 18.4. The van der Waals surface area contributed by atoms with Gasteiger partial charge in [-0.2, -0.15) is 0 Å². The molecular weight excluding hydrogens is 423 g/mol. The molecule has 0 aliphatic rings.